The zero-order valence-corrected chi connectivity index (χ0v) is 12.8. The number of rotatable bonds is 5. The summed E-state index contributed by atoms with van der Waals surface area (Å²) in [5, 5.41) is 3.75. The van der Waals surface area contributed by atoms with Crippen LogP contribution in [0.2, 0.25) is 0 Å². The van der Waals surface area contributed by atoms with Gasteiger partial charge in [-0.05, 0) is 56.4 Å². The first-order valence-corrected chi connectivity index (χ1v) is 8.43. The van der Waals surface area contributed by atoms with E-state index in [9.17, 15) is 0 Å². The van der Waals surface area contributed by atoms with Gasteiger partial charge in [-0.2, -0.15) is 0 Å². The third-order valence-electron chi connectivity index (χ3n) is 6.15. The minimum atomic E-state index is 0.634. The standard InChI is InChI=1S/C17H33N/c1-4-14-9-8-10-15(13-14)16(18-3)17(5-2)11-6-7-12-17/h14-16,18H,4-13H2,1-3H3. The molecular formula is C17H33N. The molecular weight excluding hydrogens is 218 g/mol. The lowest BCUT2D eigenvalue weighted by Gasteiger charge is -2.44. The molecule has 2 aliphatic rings. The van der Waals surface area contributed by atoms with Crippen molar-refractivity contribution in [2.24, 2.45) is 17.3 Å². The van der Waals surface area contributed by atoms with E-state index in [-0.39, 0.29) is 0 Å². The topological polar surface area (TPSA) is 12.0 Å². The van der Waals surface area contributed by atoms with Crippen molar-refractivity contribution < 1.29 is 0 Å². The van der Waals surface area contributed by atoms with Crippen LogP contribution in [-0.2, 0) is 0 Å². The molecule has 2 fully saturated rings. The maximum absolute atomic E-state index is 3.75. The molecule has 2 saturated carbocycles. The summed E-state index contributed by atoms with van der Waals surface area (Å²) in [5.74, 6) is 1.96. The second-order valence-corrected chi connectivity index (χ2v) is 6.89. The van der Waals surface area contributed by atoms with E-state index in [0.717, 1.165) is 17.9 Å². The normalized spacial score (nSPS) is 33.5. The molecule has 0 saturated heterocycles. The Labute approximate surface area is 114 Å². The number of nitrogens with one attached hydrogen (secondary N) is 1. The quantitative estimate of drug-likeness (QED) is 0.743. The molecule has 0 amide bonds. The van der Waals surface area contributed by atoms with E-state index >= 15 is 0 Å². The molecule has 0 radical (unpaired) electrons. The van der Waals surface area contributed by atoms with E-state index in [1.54, 1.807) is 0 Å². The monoisotopic (exact) mass is 251 g/mol. The van der Waals surface area contributed by atoms with Gasteiger partial charge in [0.1, 0.15) is 0 Å². The van der Waals surface area contributed by atoms with Crippen LogP contribution in [0.1, 0.15) is 78.1 Å². The van der Waals surface area contributed by atoms with Gasteiger partial charge in [0.2, 0.25) is 0 Å². The molecule has 1 nitrogen and oxygen atoms in total. The zero-order valence-electron chi connectivity index (χ0n) is 12.8. The van der Waals surface area contributed by atoms with Gasteiger partial charge in [-0.3, -0.25) is 0 Å². The molecule has 18 heavy (non-hydrogen) atoms. The van der Waals surface area contributed by atoms with Gasteiger partial charge in [-0.15, -0.1) is 0 Å². The van der Waals surface area contributed by atoms with Gasteiger partial charge < -0.3 is 5.32 Å². The van der Waals surface area contributed by atoms with Crippen LogP contribution in [0.15, 0.2) is 0 Å². The van der Waals surface area contributed by atoms with Crippen LogP contribution in [0.4, 0.5) is 0 Å². The van der Waals surface area contributed by atoms with Gasteiger partial charge in [0.15, 0.2) is 0 Å². The lowest BCUT2D eigenvalue weighted by atomic mass is 9.66. The third-order valence-corrected chi connectivity index (χ3v) is 6.15. The van der Waals surface area contributed by atoms with Gasteiger partial charge in [-0.25, -0.2) is 0 Å². The highest BCUT2D eigenvalue weighted by Gasteiger charge is 2.43. The summed E-state index contributed by atoms with van der Waals surface area (Å²) < 4.78 is 0. The Morgan fingerprint density at radius 2 is 1.83 bits per heavy atom. The van der Waals surface area contributed by atoms with Crippen LogP contribution >= 0.6 is 0 Å². The Morgan fingerprint density at radius 3 is 2.39 bits per heavy atom. The summed E-state index contributed by atoms with van der Waals surface area (Å²) >= 11 is 0. The van der Waals surface area contributed by atoms with Crippen LogP contribution in [-0.4, -0.2) is 13.1 Å². The Hall–Kier alpha value is -0.0400. The number of hydrogen-bond acceptors (Lipinski definition) is 1. The molecule has 0 aromatic carbocycles. The summed E-state index contributed by atoms with van der Waals surface area (Å²) in [6.45, 7) is 4.81. The van der Waals surface area contributed by atoms with Crippen molar-refractivity contribution in [3.05, 3.63) is 0 Å². The van der Waals surface area contributed by atoms with E-state index in [1.807, 2.05) is 0 Å². The van der Waals surface area contributed by atoms with Crippen LogP contribution in [0.5, 0.6) is 0 Å². The molecule has 0 spiro atoms. The predicted octanol–water partition coefficient (Wildman–Crippen LogP) is 4.76. The highest BCUT2D eigenvalue weighted by molar-refractivity contribution is 4.97. The summed E-state index contributed by atoms with van der Waals surface area (Å²) in [6.07, 6.45) is 14.6. The fourth-order valence-corrected chi connectivity index (χ4v) is 5.01. The molecule has 0 aliphatic heterocycles. The van der Waals surface area contributed by atoms with E-state index in [2.05, 4.69) is 26.2 Å². The van der Waals surface area contributed by atoms with Crippen molar-refractivity contribution in [3.8, 4) is 0 Å². The van der Waals surface area contributed by atoms with Crippen molar-refractivity contribution in [1.82, 2.24) is 5.32 Å². The molecule has 0 bridgehead atoms. The highest BCUT2D eigenvalue weighted by Crippen LogP contribution is 2.48. The Morgan fingerprint density at radius 1 is 1.11 bits per heavy atom. The maximum Gasteiger partial charge on any atom is 0.0149 e. The van der Waals surface area contributed by atoms with Crippen molar-refractivity contribution in [3.63, 3.8) is 0 Å². The van der Waals surface area contributed by atoms with Gasteiger partial charge in [0.25, 0.3) is 0 Å². The minimum Gasteiger partial charge on any atom is -0.316 e. The molecule has 0 aromatic rings. The average molecular weight is 251 g/mol. The van der Waals surface area contributed by atoms with Crippen LogP contribution in [0.3, 0.4) is 0 Å². The molecule has 0 heterocycles. The molecule has 0 aromatic heterocycles. The van der Waals surface area contributed by atoms with Gasteiger partial charge in [0.05, 0.1) is 0 Å². The number of hydrogen-bond donors (Lipinski definition) is 1. The minimum absolute atomic E-state index is 0.634. The first-order valence-electron chi connectivity index (χ1n) is 8.43. The smallest absolute Gasteiger partial charge is 0.0149 e. The van der Waals surface area contributed by atoms with E-state index in [1.165, 1.54) is 64.2 Å². The van der Waals surface area contributed by atoms with Crippen LogP contribution < -0.4 is 5.32 Å². The van der Waals surface area contributed by atoms with Crippen LogP contribution in [0.25, 0.3) is 0 Å². The fourth-order valence-electron chi connectivity index (χ4n) is 5.01. The summed E-state index contributed by atoms with van der Waals surface area (Å²) in [7, 11) is 2.22. The van der Waals surface area contributed by atoms with Crippen molar-refractivity contribution in [2.45, 2.75) is 84.1 Å². The van der Waals surface area contributed by atoms with Gasteiger partial charge in [-0.1, -0.05) is 46.0 Å². The second-order valence-electron chi connectivity index (χ2n) is 6.89. The van der Waals surface area contributed by atoms with E-state index in [0.29, 0.717) is 5.41 Å². The lowest BCUT2D eigenvalue weighted by Crippen LogP contribution is -2.48. The molecule has 1 N–H and O–H groups in total. The van der Waals surface area contributed by atoms with Gasteiger partial charge >= 0.3 is 0 Å². The Bertz CT molecular complexity index is 242. The van der Waals surface area contributed by atoms with Crippen molar-refractivity contribution in [2.75, 3.05) is 7.05 Å². The van der Waals surface area contributed by atoms with Crippen LogP contribution in [0, 0.1) is 17.3 Å². The molecule has 2 rings (SSSR count). The lowest BCUT2D eigenvalue weighted by molar-refractivity contribution is 0.0979. The Kier molecular flexibility index (Phi) is 5.12. The average Bonchev–Trinajstić information content (AvgIpc) is 2.90. The third kappa shape index (κ3) is 2.76. The largest absolute Gasteiger partial charge is 0.316 e. The van der Waals surface area contributed by atoms with E-state index in [4.69, 9.17) is 0 Å². The van der Waals surface area contributed by atoms with E-state index < -0.39 is 0 Å². The fraction of sp³-hybridized carbons (Fsp3) is 1.00. The first kappa shape index (κ1) is 14.4. The van der Waals surface area contributed by atoms with Gasteiger partial charge in [0, 0.05) is 6.04 Å². The first-order chi connectivity index (χ1) is 8.75. The zero-order chi connectivity index (χ0) is 13.0. The molecule has 3 unspecified atom stereocenters. The second kappa shape index (κ2) is 6.41. The highest BCUT2D eigenvalue weighted by atomic mass is 14.9. The maximum atomic E-state index is 3.75. The SMILES string of the molecule is CCC1CCCC(C(NC)C2(CC)CCCC2)C1. The predicted molar refractivity (Wildman–Crippen MR) is 79.8 cm³/mol. The summed E-state index contributed by atoms with van der Waals surface area (Å²) in [4.78, 5) is 0. The summed E-state index contributed by atoms with van der Waals surface area (Å²) in [6, 6.07) is 0.791. The molecule has 2 aliphatic carbocycles. The van der Waals surface area contributed by atoms with Crippen molar-refractivity contribution >= 4 is 0 Å². The Balaban J connectivity index is 2.07. The van der Waals surface area contributed by atoms with Crippen molar-refractivity contribution in [1.29, 1.82) is 0 Å². The molecule has 1 heteroatoms. The molecule has 3 atom stereocenters. The summed E-state index contributed by atoms with van der Waals surface area (Å²) in [5.41, 5.74) is 0.634. The molecule has 106 valence electrons.